The summed E-state index contributed by atoms with van der Waals surface area (Å²) >= 11 is 1.75. The molecule has 6 heteroatoms. The Morgan fingerprint density at radius 2 is 1.95 bits per heavy atom. The van der Waals surface area contributed by atoms with Crippen LogP contribution in [0.25, 0.3) is 10.2 Å². The molecule has 0 fully saturated rings. The lowest BCUT2D eigenvalue weighted by atomic mass is 10.2. The Morgan fingerprint density at radius 3 is 2.68 bits per heavy atom. The lowest BCUT2D eigenvalue weighted by Gasteiger charge is -2.22. The van der Waals surface area contributed by atoms with Gasteiger partial charge in [-0.1, -0.05) is 0 Å². The first-order chi connectivity index (χ1) is 9.35. The van der Waals surface area contributed by atoms with Crippen LogP contribution in [0.2, 0.25) is 0 Å². The maximum Gasteiger partial charge on any atom is 0.141 e. The normalized spacial score (nSPS) is 14.0. The molecule has 2 heterocycles. The Kier molecular flexibility index (Phi) is 3.63. The van der Waals surface area contributed by atoms with Gasteiger partial charge in [0.25, 0.3) is 0 Å². The van der Waals surface area contributed by atoms with Gasteiger partial charge in [-0.3, -0.25) is 0 Å². The van der Waals surface area contributed by atoms with Gasteiger partial charge in [0.15, 0.2) is 0 Å². The number of anilines is 1. The lowest BCUT2D eigenvalue weighted by molar-refractivity contribution is 0.281. The monoisotopic (exact) mass is 279 g/mol. The first kappa shape index (κ1) is 12.8. The first-order valence-corrected chi connectivity index (χ1v) is 7.38. The zero-order chi connectivity index (χ0) is 13.2. The van der Waals surface area contributed by atoms with Gasteiger partial charge < -0.3 is 15.1 Å². The molecule has 102 valence electrons. The highest BCUT2D eigenvalue weighted by molar-refractivity contribution is 7.19. The molecular formula is C13H17N3O2S. The molecule has 0 amide bonds. The maximum absolute atomic E-state index is 9.18. The zero-order valence-electron chi connectivity index (χ0n) is 10.7. The van der Waals surface area contributed by atoms with E-state index in [9.17, 15) is 10.2 Å². The molecule has 0 saturated heterocycles. The molecule has 0 unspecified atom stereocenters. The largest absolute Gasteiger partial charge is 0.395 e. The minimum Gasteiger partial charge on any atom is -0.395 e. The third-order valence-corrected chi connectivity index (χ3v) is 4.72. The van der Waals surface area contributed by atoms with Crippen LogP contribution in [0, 0.1) is 0 Å². The summed E-state index contributed by atoms with van der Waals surface area (Å²) in [6, 6.07) is 0. The Morgan fingerprint density at radius 1 is 1.16 bits per heavy atom. The molecule has 0 atom stereocenters. The van der Waals surface area contributed by atoms with Crippen molar-refractivity contribution in [2.24, 2.45) is 0 Å². The first-order valence-electron chi connectivity index (χ1n) is 6.57. The standard InChI is InChI=1S/C13H17N3O2S/c17-6-4-16(5-7-18)12-11-9-2-1-3-10(9)19-13(11)15-8-14-12/h8,17-18H,1-7H2. The molecule has 19 heavy (non-hydrogen) atoms. The van der Waals surface area contributed by atoms with Crippen molar-refractivity contribution in [2.75, 3.05) is 31.2 Å². The van der Waals surface area contributed by atoms with Crippen LogP contribution >= 0.6 is 11.3 Å². The Bertz CT molecular complexity index is 579. The van der Waals surface area contributed by atoms with Crippen molar-refractivity contribution < 1.29 is 10.2 Å². The van der Waals surface area contributed by atoms with Crippen molar-refractivity contribution in [2.45, 2.75) is 19.3 Å². The van der Waals surface area contributed by atoms with Crippen molar-refractivity contribution in [1.29, 1.82) is 0 Å². The molecule has 3 rings (SSSR count). The third kappa shape index (κ3) is 2.20. The topological polar surface area (TPSA) is 69.5 Å². The van der Waals surface area contributed by atoms with E-state index in [0.717, 1.165) is 28.9 Å². The second-order valence-electron chi connectivity index (χ2n) is 4.67. The second-order valence-corrected chi connectivity index (χ2v) is 5.75. The quantitative estimate of drug-likeness (QED) is 0.853. The SMILES string of the molecule is OCCN(CCO)c1ncnc2sc3c(c12)CCC3. The summed E-state index contributed by atoms with van der Waals surface area (Å²) in [6.07, 6.45) is 4.99. The van der Waals surface area contributed by atoms with Crippen LogP contribution in [0.1, 0.15) is 16.9 Å². The molecule has 1 aliphatic carbocycles. The molecule has 0 saturated carbocycles. The Hall–Kier alpha value is -1.24. The van der Waals surface area contributed by atoms with E-state index in [2.05, 4.69) is 9.97 Å². The minimum atomic E-state index is 0.0534. The zero-order valence-corrected chi connectivity index (χ0v) is 11.5. The Labute approximate surface area is 115 Å². The summed E-state index contributed by atoms with van der Waals surface area (Å²) in [5, 5.41) is 19.5. The van der Waals surface area contributed by atoms with Crippen LogP contribution in [-0.4, -0.2) is 46.5 Å². The fourth-order valence-corrected chi connectivity index (χ4v) is 3.94. The Balaban J connectivity index is 2.11. The summed E-state index contributed by atoms with van der Waals surface area (Å²) in [5.74, 6) is 0.854. The average molecular weight is 279 g/mol. The van der Waals surface area contributed by atoms with Gasteiger partial charge in [-0.05, 0) is 24.8 Å². The molecule has 2 aromatic rings. The van der Waals surface area contributed by atoms with Crippen LogP contribution in [0.4, 0.5) is 5.82 Å². The fraction of sp³-hybridized carbons (Fsp3) is 0.538. The highest BCUT2D eigenvalue weighted by Gasteiger charge is 2.23. The van der Waals surface area contributed by atoms with E-state index in [1.807, 2.05) is 4.90 Å². The van der Waals surface area contributed by atoms with Crippen LogP contribution in [0.15, 0.2) is 6.33 Å². The predicted molar refractivity (Wildman–Crippen MR) is 75.8 cm³/mol. The van der Waals surface area contributed by atoms with Crippen LogP contribution in [0.3, 0.4) is 0 Å². The number of aryl methyl sites for hydroxylation is 2. The number of rotatable bonds is 5. The van der Waals surface area contributed by atoms with Gasteiger partial charge in [-0.15, -0.1) is 11.3 Å². The summed E-state index contributed by atoms with van der Waals surface area (Å²) in [5.41, 5.74) is 1.37. The van der Waals surface area contributed by atoms with E-state index in [-0.39, 0.29) is 13.2 Å². The number of fused-ring (bicyclic) bond motifs is 3. The van der Waals surface area contributed by atoms with Crippen molar-refractivity contribution >= 4 is 27.4 Å². The van der Waals surface area contributed by atoms with Gasteiger partial charge in [-0.2, -0.15) is 0 Å². The molecule has 0 bridgehead atoms. The average Bonchev–Trinajstić information content (AvgIpc) is 2.98. The summed E-state index contributed by atoms with van der Waals surface area (Å²) in [4.78, 5) is 13.1. The highest BCUT2D eigenvalue weighted by Crippen LogP contribution is 2.39. The summed E-state index contributed by atoms with van der Waals surface area (Å²) in [7, 11) is 0. The number of aliphatic hydroxyl groups is 2. The molecule has 0 spiro atoms. The molecule has 5 nitrogen and oxygen atoms in total. The van der Waals surface area contributed by atoms with Gasteiger partial charge in [0.1, 0.15) is 17.0 Å². The molecule has 0 radical (unpaired) electrons. The number of aliphatic hydroxyl groups excluding tert-OH is 2. The van der Waals surface area contributed by atoms with Gasteiger partial charge in [0.05, 0.1) is 18.6 Å². The van der Waals surface area contributed by atoms with Crippen molar-refractivity contribution in [3.63, 3.8) is 0 Å². The molecule has 1 aliphatic rings. The fourth-order valence-electron chi connectivity index (χ4n) is 2.72. The van der Waals surface area contributed by atoms with Crippen LogP contribution in [-0.2, 0) is 12.8 Å². The predicted octanol–water partition coefficient (Wildman–Crippen LogP) is 0.971. The van der Waals surface area contributed by atoms with E-state index in [0.29, 0.717) is 13.1 Å². The molecule has 0 aromatic carbocycles. The molecule has 2 aromatic heterocycles. The summed E-state index contributed by atoms with van der Waals surface area (Å²) in [6.45, 7) is 1.07. The highest BCUT2D eigenvalue weighted by atomic mass is 32.1. The number of nitrogens with zero attached hydrogens (tertiary/aromatic N) is 3. The van der Waals surface area contributed by atoms with Gasteiger partial charge in [-0.25, -0.2) is 9.97 Å². The maximum atomic E-state index is 9.18. The van der Waals surface area contributed by atoms with Crippen LogP contribution in [0.5, 0.6) is 0 Å². The van der Waals surface area contributed by atoms with E-state index < -0.39 is 0 Å². The third-order valence-electron chi connectivity index (χ3n) is 3.52. The van der Waals surface area contributed by atoms with Crippen molar-refractivity contribution in [3.8, 4) is 0 Å². The number of aromatic nitrogens is 2. The van der Waals surface area contributed by atoms with Crippen LogP contribution < -0.4 is 4.90 Å². The lowest BCUT2D eigenvalue weighted by Crippen LogP contribution is -2.30. The van der Waals surface area contributed by atoms with E-state index in [1.54, 1.807) is 17.7 Å². The number of hydrogen-bond donors (Lipinski definition) is 2. The number of hydrogen-bond acceptors (Lipinski definition) is 6. The van der Waals surface area contributed by atoms with E-state index in [1.165, 1.54) is 16.9 Å². The van der Waals surface area contributed by atoms with Gasteiger partial charge >= 0.3 is 0 Å². The minimum absolute atomic E-state index is 0.0534. The molecule has 2 N–H and O–H groups in total. The van der Waals surface area contributed by atoms with E-state index in [4.69, 9.17) is 0 Å². The van der Waals surface area contributed by atoms with E-state index >= 15 is 0 Å². The van der Waals surface area contributed by atoms with Gasteiger partial charge in [0.2, 0.25) is 0 Å². The second kappa shape index (κ2) is 5.40. The van der Waals surface area contributed by atoms with Gasteiger partial charge in [0, 0.05) is 18.0 Å². The summed E-state index contributed by atoms with van der Waals surface area (Å²) < 4.78 is 0. The number of thiophene rings is 1. The molecular weight excluding hydrogens is 262 g/mol. The molecule has 0 aliphatic heterocycles. The van der Waals surface area contributed by atoms with Crippen molar-refractivity contribution in [1.82, 2.24) is 9.97 Å². The smallest absolute Gasteiger partial charge is 0.141 e. The van der Waals surface area contributed by atoms with Crippen molar-refractivity contribution in [3.05, 3.63) is 16.8 Å².